The van der Waals surface area contributed by atoms with Crippen molar-refractivity contribution in [3.05, 3.63) is 95.6 Å². The zero-order valence-corrected chi connectivity index (χ0v) is 18.5. The topological polar surface area (TPSA) is 82.6 Å². The molecule has 0 aromatic heterocycles. The number of hydrogen-bond donors (Lipinski definition) is 3. The summed E-state index contributed by atoms with van der Waals surface area (Å²) in [6, 6.07) is 24.7. The predicted octanol–water partition coefficient (Wildman–Crippen LogP) is 3.55. The highest BCUT2D eigenvalue weighted by atomic mass is 35.5. The van der Waals surface area contributed by atoms with Crippen molar-refractivity contribution < 1.29 is 8.42 Å². The monoisotopic (exact) mass is 456 g/mol. The maximum Gasteiger partial charge on any atom is 0.240 e. The van der Waals surface area contributed by atoms with Crippen molar-refractivity contribution in [2.75, 3.05) is 18.4 Å². The first-order valence-corrected chi connectivity index (χ1v) is 11.3. The fourth-order valence-electron chi connectivity index (χ4n) is 3.20. The van der Waals surface area contributed by atoms with Crippen molar-refractivity contribution in [3.8, 4) is 0 Å². The van der Waals surface area contributed by atoms with E-state index in [4.69, 9.17) is 0 Å². The molecule has 0 atom stereocenters. The van der Waals surface area contributed by atoms with Crippen molar-refractivity contribution in [1.29, 1.82) is 0 Å². The highest BCUT2D eigenvalue weighted by Crippen LogP contribution is 2.15. The molecule has 162 valence electrons. The average Bonchev–Trinajstić information content (AvgIpc) is 3.28. The average molecular weight is 457 g/mol. The minimum Gasteiger partial charge on any atom is -0.354 e. The molecule has 1 aliphatic heterocycles. The second-order valence-electron chi connectivity index (χ2n) is 7.11. The van der Waals surface area contributed by atoms with Crippen LogP contribution in [0.4, 0.5) is 5.69 Å². The van der Waals surface area contributed by atoms with Gasteiger partial charge in [-0.05, 0) is 47.4 Å². The van der Waals surface area contributed by atoms with Gasteiger partial charge in [-0.15, -0.1) is 12.4 Å². The molecule has 0 saturated carbocycles. The molecule has 8 heteroatoms. The molecule has 0 fully saturated rings. The number of nitrogens with one attached hydrogen (secondary N) is 3. The molecule has 3 aromatic carbocycles. The first-order valence-electron chi connectivity index (χ1n) is 9.85. The minimum atomic E-state index is -3.50. The highest BCUT2D eigenvalue weighted by molar-refractivity contribution is 7.89. The maximum atomic E-state index is 12.3. The lowest BCUT2D eigenvalue weighted by molar-refractivity contribution is 0.581. The van der Waals surface area contributed by atoms with E-state index in [-0.39, 0.29) is 23.8 Å². The summed E-state index contributed by atoms with van der Waals surface area (Å²) < 4.78 is 27.3. The van der Waals surface area contributed by atoms with Crippen LogP contribution in [0.5, 0.6) is 0 Å². The fourth-order valence-corrected chi connectivity index (χ4v) is 4.24. The summed E-state index contributed by atoms with van der Waals surface area (Å²) in [6.07, 6.45) is 0.815. The van der Waals surface area contributed by atoms with Crippen LogP contribution in [0.15, 0.2) is 88.8 Å². The Balaban J connectivity index is 0.00000272. The number of halogens is 1. The molecule has 1 heterocycles. The second-order valence-corrected chi connectivity index (χ2v) is 8.88. The number of benzene rings is 3. The van der Waals surface area contributed by atoms with Gasteiger partial charge in [0.1, 0.15) is 0 Å². The van der Waals surface area contributed by atoms with E-state index in [0.29, 0.717) is 0 Å². The molecule has 4 rings (SSSR count). The Labute approximate surface area is 189 Å². The largest absolute Gasteiger partial charge is 0.354 e. The van der Waals surface area contributed by atoms with Gasteiger partial charge in [0.2, 0.25) is 10.0 Å². The van der Waals surface area contributed by atoms with Crippen LogP contribution >= 0.6 is 12.4 Å². The van der Waals surface area contributed by atoms with E-state index in [0.717, 1.165) is 36.7 Å². The number of hydrogen-bond acceptors (Lipinski definition) is 5. The van der Waals surface area contributed by atoms with Crippen LogP contribution in [0.2, 0.25) is 0 Å². The quantitative estimate of drug-likeness (QED) is 0.507. The number of sulfonamides is 1. The smallest absolute Gasteiger partial charge is 0.240 e. The molecular weight excluding hydrogens is 432 g/mol. The van der Waals surface area contributed by atoms with Crippen molar-refractivity contribution in [2.24, 2.45) is 4.99 Å². The van der Waals surface area contributed by atoms with Crippen molar-refractivity contribution in [3.63, 3.8) is 0 Å². The molecule has 1 aliphatic rings. The van der Waals surface area contributed by atoms with Crippen LogP contribution in [0.1, 0.15) is 16.7 Å². The van der Waals surface area contributed by atoms with Crippen molar-refractivity contribution in [2.45, 2.75) is 17.9 Å². The third-order valence-electron chi connectivity index (χ3n) is 4.84. The maximum absolute atomic E-state index is 12.3. The summed E-state index contributed by atoms with van der Waals surface area (Å²) in [5.74, 6) is 0.821. The predicted molar refractivity (Wildman–Crippen MR) is 127 cm³/mol. The molecule has 0 bridgehead atoms. The van der Waals surface area contributed by atoms with E-state index in [1.165, 1.54) is 11.1 Å². The Hall–Kier alpha value is -2.87. The molecule has 3 aromatic rings. The van der Waals surface area contributed by atoms with Gasteiger partial charge in [-0.25, -0.2) is 13.1 Å². The van der Waals surface area contributed by atoms with E-state index in [1.54, 1.807) is 30.3 Å². The lowest BCUT2D eigenvalue weighted by Gasteiger charge is -2.09. The van der Waals surface area contributed by atoms with Crippen LogP contribution in [-0.4, -0.2) is 27.5 Å². The lowest BCUT2D eigenvalue weighted by atomic mass is 10.0. The molecule has 0 aliphatic carbocycles. The number of nitrogens with zero attached hydrogens (tertiary/aromatic N) is 1. The Morgan fingerprint density at radius 1 is 0.839 bits per heavy atom. The zero-order chi connectivity index (χ0) is 20.8. The van der Waals surface area contributed by atoms with Crippen LogP contribution in [-0.2, 0) is 23.0 Å². The molecule has 3 N–H and O–H groups in total. The summed E-state index contributed by atoms with van der Waals surface area (Å²) in [4.78, 5) is 4.60. The highest BCUT2D eigenvalue weighted by Gasteiger charge is 2.12. The van der Waals surface area contributed by atoms with Gasteiger partial charge in [-0.2, -0.15) is 0 Å². The van der Waals surface area contributed by atoms with Gasteiger partial charge in [-0.3, -0.25) is 4.99 Å². The Morgan fingerprint density at radius 2 is 1.45 bits per heavy atom. The molecule has 0 spiro atoms. The molecule has 6 nitrogen and oxygen atoms in total. The minimum absolute atomic E-state index is 0. The second kappa shape index (κ2) is 10.4. The lowest BCUT2D eigenvalue weighted by Crippen LogP contribution is -2.26. The standard InChI is InChI=1S/C23H24N4O2S.ClH/c28-30(29,22-4-2-1-3-5-22)26-17-20-8-6-18(7-9-20)16-19-10-12-21(13-11-19)27-23-24-14-15-25-23;/h1-13,26H,14-17H2,(H2,24,25,27);1H. The Morgan fingerprint density at radius 3 is 2.06 bits per heavy atom. The zero-order valence-electron chi connectivity index (χ0n) is 16.9. The fraction of sp³-hybridized carbons (Fsp3) is 0.174. The summed E-state index contributed by atoms with van der Waals surface area (Å²) in [6.45, 7) is 1.95. The number of rotatable bonds is 7. The van der Waals surface area contributed by atoms with Gasteiger partial charge in [0.25, 0.3) is 0 Å². The molecule has 0 amide bonds. The molecular formula is C23H25ClN4O2S. The molecule has 31 heavy (non-hydrogen) atoms. The summed E-state index contributed by atoms with van der Waals surface area (Å²) in [5.41, 5.74) is 4.31. The van der Waals surface area contributed by atoms with Crippen LogP contribution < -0.4 is 15.4 Å². The van der Waals surface area contributed by atoms with E-state index < -0.39 is 10.0 Å². The van der Waals surface area contributed by atoms with E-state index in [1.807, 2.05) is 36.4 Å². The van der Waals surface area contributed by atoms with E-state index >= 15 is 0 Å². The Kier molecular flexibility index (Phi) is 7.68. The molecule has 0 radical (unpaired) electrons. The first kappa shape index (κ1) is 22.8. The summed E-state index contributed by atoms with van der Waals surface area (Å²) in [5, 5.41) is 6.45. The molecule has 0 unspecified atom stereocenters. The van der Waals surface area contributed by atoms with Crippen LogP contribution in [0.25, 0.3) is 0 Å². The number of aliphatic imine (C=N–C) groups is 1. The van der Waals surface area contributed by atoms with Crippen LogP contribution in [0, 0.1) is 0 Å². The van der Waals surface area contributed by atoms with Gasteiger partial charge in [-0.1, -0.05) is 54.6 Å². The van der Waals surface area contributed by atoms with Gasteiger partial charge < -0.3 is 10.6 Å². The van der Waals surface area contributed by atoms with E-state index in [2.05, 4.69) is 32.5 Å². The van der Waals surface area contributed by atoms with Gasteiger partial charge in [0.15, 0.2) is 5.96 Å². The number of anilines is 1. The van der Waals surface area contributed by atoms with Gasteiger partial charge in [0.05, 0.1) is 11.4 Å². The van der Waals surface area contributed by atoms with Crippen molar-refractivity contribution in [1.82, 2.24) is 10.0 Å². The van der Waals surface area contributed by atoms with Gasteiger partial charge in [0, 0.05) is 18.8 Å². The number of guanidine groups is 1. The normalized spacial score (nSPS) is 13.1. The van der Waals surface area contributed by atoms with Crippen LogP contribution in [0.3, 0.4) is 0 Å². The van der Waals surface area contributed by atoms with Crippen molar-refractivity contribution >= 4 is 34.1 Å². The summed E-state index contributed by atoms with van der Waals surface area (Å²) in [7, 11) is -3.50. The summed E-state index contributed by atoms with van der Waals surface area (Å²) >= 11 is 0. The molecule has 0 saturated heterocycles. The van der Waals surface area contributed by atoms with E-state index in [9.17, 15) is 8.42 Å². The van der Waals surface area contributed by atoms with Gasteiger partial charge >= 0.3 is 0 Å². The SMILES string of the molecule is Cl.O=S(=O)(NCc1ccc(Cc2ccc(NC3=NCCN3)cc2)cc1)c1ccccc1. The Bertz CT molecular complexity index is 1120. The third-order valence-corrected chi connectivity index (χ3v) is 6.26. The third kappa shape index (κ3) is 6.30. The first-order chi connectivity index (χ1) is 14.6.